The molecule has 1 heterocycles. The van der Waals surface area contributed by atoms with Gasteiger partial charge >= 0.3 is 0 Å². The van der Waals surface area contributed by atoms with E-state index in [-0.39, 0.29) is 18.5 Å². The van der Waals surface area contributed by atoms with Crippen molar-refractivity contribution in [2.45, 2.75) is 37.5 Å². The first-order chi connectivity index (χ1) is 9.60. The summed E-state index contributed by atoms with van der Waals surface area (Å²) in [5.41, 5.74) is 1.07. The molecule has 0 saturated carbocycles. The van der Waals surface area contributed by atoms with Crippen LogP contribution in [0.2, 0.25) is 0 Å². The molecule has 112 valence electrons. The maximum atomic E-state index is 12.8. The summed E-state index contributed by atoms with van der Waals surface area (Å²) in [4.78, 5) is 2.01. The minimum absolute atomic E-state index is 0.0136. The second kappa shape index (κ2) is 7.13. The number of hydrogen-bond donors (Lipinski definition) is 3. The van der Waals surface area contributed by atoms with Gasteiger partial charge in [0, 0.05) is 12.6 Å². The smallest absolute Gasteiger partial charge is 0.123 e. The second-order valence-electron chi connectivity index (χ2n) is 5.43. The Labute approximate surface area is 118 Å². The van der Waals surface area contributed by atoms with Gasteiger partial charge in [-0.2, -0.15) is 0 Å². The Kier molecular flexibility index (Phi) is 5.48. The number of nitrogens with zero attached hydrogens (tertiary/aromatic N) is 1. The number of β-amino-alcohol motifs (C(OH)–C–C–N with tert-alkyl or cyclic N) is 1. The summed E-state index contributed by atoms with van der Waals surface area (Å²) in [5, 5.41) is 28.6. The zero-order chi connectivity index (χ0) is 14.5. The van der Waals surface area contributed by atoms with Gasteiger partial charge in [-0.15, -0.1) is 0 Å². The summed E-state index contributed by atoms with van der Waals surface area (Å²) >= 11 is 0. The molecular formula is C15H22FNO3. The molecule has 5 heteroatoms. The van der Waals surface area contributed by atoms with E-state index in [1.54, 1.807) is 12.1 Å². The molecule has 1 unspecified atom stereocenters. The van der Waals surface area contributed by atoms with Gasteiger partial charge < -0.3 is 15.3 Å². The Morgan fingerprint density at radius 1 is 1.15 bits per heavy atom. The standard InChI is InChI=1S/C15H22FNO3/c16-12-5-3-11(4-6-12)2-1-7-17-9-15(20)14(19)8-13(17)10-18/h3-6,13-15,18-20H,1-2,7-10H2/t13-,14?,15+/m1/s1. The third kappa shape index (κ3) is 3.99. The fraction of sp³-hybridized carbons (Fsp3) is 0.600. The van der Waals surface area contributed by atoms with Gasteiger partial charge in [0.2, 0.25) is 0 Å². The SMILES string of the molecule is OC[C@H]1CC(O)[C@@H](O)CN1CCCc1ccc(F)cc1. The molecule has 1 aliphatic heterocycles. The van der Waals surface area contributed by atoms with Crippen molar-refractivity contribution in [1.29, 1.82) is 0 Å². The number of likely N-dealkylation sites (tertiary alicyclic amines) is 1. The molecule has 1 fully saturated rings. The molecule has 3 atom stereocenters. The Morgan fingerprint density at radius 2 is 1.85 bits per heavy atom. The van der Waals surface area contributed by atoms with E-state index in [0.717, 1.165) is 24.9 Å². The second-order valence-corrected chi connectivity index (χ2v) is 5.43. The molecule has 0 bridgehead atoms. The maximum absolute atomic E-state index is 12.8. The normalized spacial score (nSPS) is 27.7. The highest BCUT2D eigenvalue weighted by Gasteiger charge is 2.32. The van der Waals surface area contributed by atoms with Crippen LogP contribution in [0, 0.1) is 5.82 Å². The van der Waals surface area contributed by atoms with Crippen molar-refractivity contribution in [2.75, 3.05) is 19.7 Å². The predicted octanol–water partition coefficient (Wildman–Crippen LogP) is 0.547. The molecule has 20 heavy (non-hydrogen) atoms. The number of hydrogen-bond acceptors (Lipinski definition) is 4. The van der Waals surface area contributed by atoms with Gasteiger partial charge in [0.05, 0.1) is 18.8 Å². The highest BCUT2D eigenvalue weighted by molar-refractivity contribution is 5.16. The lowest BCUT2D eigenvalue weighted by atomic mass is 9.97. The summed E-state index contributed by atoms with van der Waals surface area (Å²) in [6.07, 6.45) is 0.594. The van der Waals surface area contributed by atoms with Gasteiger partial charge in [-0.25, -0.2) is 4.39 Å². The highest BCUT2D eigenvalue weighted by atomic mass is 19.1. The fourth-order valence-electron chi connectivity index (χ4n) is 2.70. The van der Waals surface area contributed by atoms with Crippen LogP contribution in [0.4, 0.5) is 4.39 Å². The van der Waals surface area contributed by atoms with Crippen LogP contribution in [0.5, 0.6) is 0 Å². The molecule has 3 N–H and O–H groups in total. The van der Waals surface area contributed by atoms with E-state index in [0.29, 0.717) is 13.0 Å². The van der Waals surface area contributed by atoms with E-state index in [4.69, 9.17) is 0 Å². The minimum Gasteiger partial charge on any atom is -0.395 e. The number of halogens is 1. The number of piperidine rings is 1. The Balaban J connectivity index is 1.81. The molecule has 0 spiro atoms. The van der Waals surface area contributed by atoms with Gasteiger partial charge in [-0.05, 0) is 43.5 Å². The lowest BCUT2D eigenvalue weighted by Gasteiger charge is -2.39. The number of aliphatic hydroxyl groups excluding tert-OH is 3. The Bertz CT molecular complexity index is 412. The average molecular weight is 283 g/mol. The van der Waals surface area contributed by atoms with Crippen LogP contribution >= 0.6 is 0 Å². The first-order valence-electron chi connectivity index (χ1n) is 7.05. The van der Waals surface area contributed by atoms with Crippen molar-refractivity contribution in [3.8, 4) is 0 Å². The van der Waals surface area contributed by atoms with Gasteiger partial charge in [-0.1, -0.05) is 12.1 Å². The third-order valence-electron chi connectivity index (χ3n) is 3.93. The van der Waals surface area contributed by atoms with Crippen LogP contribution in [0.15, 0.2) is 24.3 Å². The zero-order valence-corrected chi connectivity index (χ0v) is 11.5. The van der Waals surface area contributed by atoms with E-state index < -0.39 is 12.2 Å². The lowest BCUT2D eigenvalue weighted by Crippen LogP contribution is -2.53. The largest absolute Gasteiger partial charge is 0.395 e. The van der Waals surface area contributed by atoms with E-state index in [9.17, 15) is 19.7 Å². The molecule has 1 aromatic rings. The third-order valence-corrected chi connectivity index (χ3v) is 3.93. The van der Waals surface area contributed by atoms with Crippen molar-refractivity contribution in [2.24, 2.45) is 0 Å². The lowest BCUT2D eigenvalue weighted by molar-refractivity contribution is -0.0709. The van der Waals surface area contributed by atoms with Crippen LogP contribution in [0.25, 0.3) is 0 Å². The van der Waals surface area contributed by atoms with E-state index >= 15 is 0 Å². The van der Waals surface area contributed by atoms with E-state index in [1.165, 1.54) is 12.1 Å². The molecule has 4 nitrogen and oxygen atoms in total. The van der Waals surface area contributed by atoms with Gasteiger partial charge in [-0.3, -0.25) is 4.90 Å². The van der Waals surface area contributed by atoms with Crippen molar-refractivity contribution >= 4 is 0 Å². The Hall–Kier alpha value is -1.01. The monoisotopic (exact) mass is 283 g/mol. The molecule has 0 radical (unpaired) electrons. The van der Waals surface area contributed by atoms with Crippen molar-refractivity contribution in [1.82, 2.24) is 4.90 Å². The summed E-state index contributed by atoms with van der Waals surface area (Å²) < 4.78 is 12.8. The summed E-state index contributed by atoms with van der Waals surface area (Å²) in [6.45, 7) is 1.11. The van der Waals surface area contributed by atoms with Crippen LogP contribution in [0.3, 0.4) is 0 Å². The van der Waals surface area contributed by atoms with Crippen LogP contribution in [0.1, 0.15) is 18.4 Å². The number of aliphatic hydroxyl groups is 3. The Morgan fingerprint density at radius 3 is 2.50 bits per heavy atom. The highest BCUT2D eigenvalue weighted by Crippen LogP contribution is 2.18. The van der Waals surface area contributed by atoms with E-state index in [1.807, 2.05) is 4.90 Å². The molecular weight excluding hydrogens is 261 g/mol. The first kappa shape index (κ1) is 15.4. The van der Waals surface area contributed by atoms with Gasteiger partial charge in [0.25, 0.3) is 0 Å². The van der Waals surface area contributed by atoms with Gasteiger partial charge in [0.1, 0.15) is 5.82 Å². The number of benzene rings is 1. The molecule has 0 aromatic heterocycles. The van der Waals surface area contributed by atoms with Crippen LogP contribution in [-0.2, 0) is 6.42 Å². The first-order valence-corrected chi connectivity index (χ1v) is 7.05. The number of rotatable bonds is 5. The summed E-state index contributed by atoms with van der Waals surface area (Å²) in [6, 6.07) is 6.35. The average Bonchev–Trinajstić information content (AvgIpc) is 2.44. The molecule has 0 amide bonds. The van der Waals surface area contributed by atoms with E-state index in [2.05, 4.69) is 0 Å². The predicted molar refractivity (Wildman–Crippen MR) is 73.8 cm³/mol. The van der Waals surface area contributed by atoms with Crippen LogP contribution < -0.4 is 0 Å². The summed E-state index contributed by atoms with van der Waals surface area (Å²) in [7, 11) is 0. The van der Waals surface area contributed by atoms with Gasteiger partial charge in [0.15, 0.2) is 0 Å². The van der Waals surface area contributed by atoms with Crippen molar-refractivity contribution < 1.29 is 19.7 Å². The molecule has 1 saturated heterocycles. The quantitative estimate of drug-likeness (QED) is 0.738. The fourth-order valence-corrected chi connectivity index (χ4v) is 2.70. The topological polar surface area (TPSA) is 63.9 Å². The van der Waals surface area contributed by atoms with Crippen LogP contribution in [-0.4, -0.2) is 58.2 Å². The maximum Gasteiger partial charge on any atom is 0.123 e. The van der Waals surface area contributed by atoms with Crippen molar-refractivity contribution in [3.63, 3.8) is 0 Å². The minimum atomic E-state index is -0.750. The summed E-state index contributed by atoms with van der Waals surface area (Å²) in [5.74, 6) is -0.234. The van der Waals surface area contributed by atoms with Crippen molar-refractivity contribution in [3.05, 3.63) is 35.6 Å². The number of aryl methyl sites for hydroxylation is 1. The zero-order valence-electron chi connectivity index (χ0n) is 11.5. The molecule has 0 aliphatic carbocycles. The molecule has 1 aliphatic rings. The molecule has 2 rings (SSSR count). The molecule has 1 aromatic carbocycles.